The Morgan fingerprint density at radius 2 is 2.00 bits per heavy atom. The molecular weight excluding hydrogens is 477 g/mol. The van der Waals surface area contributed by atoms with Crippen LogP contribution in [0.4, 0.5) is 0 Å². The highest BCUT2D eigenvalue weighted by atomic mass is 127. The first-order valence-electron chi connectivity index (χ1n) is 9.21. The summed E-state index contributed by atoms with van der Waals surface area (Å²) in [5.41, 5.74) is 1.16. The largest absolute Gasteiger partial charge is 0.357 e. The number of rotatable bonds is 6. The molecule has 8 heteroatoms. The quantitative estimate of drug-likeness (QED) is 0.365. The van der Waals surface area contributed by atoms with Gasteiger partial charge in [0.15, 0.2) is 5.96 Å². The van der Waals surface area contributed by atoms with Gasteiger partial charge in [0, 0.05) is 64.8 Å². The van der Waals surface area contributed by atoms with Crippen molar-refractivity contribution in [1.82, 2.24) is 20.0 Å². The third-order valence-electron chi connectivity index (χ3n) is 4.50. The molecule has 1 fully saturated rings. The fraction of sp³-hybridized carbons (Fsp3) is 0.579. The molecule has 1 heterocycles. The molecule has 0 atom stereocenters. The number of amides is 1. The highest BCUT2D eigenvalue weighted by Crippen LogP contribution is 2.12. The Bertz CT molecular complexity index is 620. The Hall–Kier alpha value is -1.06. The number of nitrogens with zero attached hydrogens (tertiary/aromatic N) is 4. The first-order valence-corrected chi connectivity index (χ1v) is 9.59. The van der Waals surface area contributed by atoms with Gasteiger partial charge < -0.3 is 15.1 Å². The van der Waals surface area contributed by atoms with Crippen molar-refractivity contribution < 1.29 is 4.79 Å². The number of benzene rings is 1. The molecule has 0 saturated carbocycles. The van der Waals surface area contributed by atoms with Gasteiger partial charge in [-0.2, -0.15) is 0 Å². The molecule has 1 saturated heterocycles. The van der Waals surface area contributed by atoms with Crippen LogP contribution >= 0.6 is 35.6 Å². The van der Waals surface area contributed by atoms with Crippen molar-refractivity contribution in [3.63, 3.8) is 0 Å². The number of hydrogen-bond acceptors (Lipinski definition) is 3. The number of hydrogen-bond donors (Lipinski definition) is 1. The maximum atomic E-state index is 11.4. The summed E-state index contributed by atoms with van der Waals surface area (Å²) in [6, 6.07) is 7.91. The van der Waals surface area contributed by atoms with E-state index in [0.717, 1.165) is 68.9 Å². The molecule has 0 spiro atoms. The number of piperazine rings is 1. The molecule has 1 N–H and O–H groups in total. The summed E-state index contributed by atoms with van der Waals surface area (Å²) < 4.78 is 0. The van der Waals surface area contributed by atoms with Crippen LogP contribution in [0, 0.1) is 0 Å². The second kappa shape index (κ2) is 12.4. The van der Waals surface area contributed by atoms with Crippen LogP contribution in [0.3, 0.4) is 0 Å². The summed E-state index contributed by atoms with van der Waals surface area (Å²) in [4.78, 5) is 22.5. The average Bonchev–Trinajstić information content (AvgIpc) is 2.61. The van der Waals surface area contributed by atoms with Crippen molar-refractivity contribution in [1.29, 1.82) is 0 Å². The number of carbonyl (C=O) groups excluding carboxylic acids is 1. The molecule has 6 nitrogen and oxygen atoms in total. The zero-order valence-electron chi connectivity index (χ0n) is 16.4. The highest BCUT2D eigenvalue weighted by molar-refractivity contribution is 14.0. The summed E-state index contributed by atoms with van der Waals surface area (Å²) in [5, 5.41) is 4.10. The molecule has 1 aliphatic rings. The van der Waals surface area contributed by atoms with Crippen LogP contribution < -0.4 is 5.32 Å². The van der Waals surface area contributed by atoms with Crippen LogP contribution in [-0.2, 0) is 11.3 Å². The van der Waals surface area contributed by atoms with E-state index in [1.807, 2.05) is 30.1 Å². The third-order valence-corrected chi connectivity index (χ3v) is 4.74. The summed E-state index contributed by atoms with van der Waals surface area (Å²) in [7, 11) is 2.04. The predicted molar refractivity (Wildman–Crippen MR) is 123 cm³/mol. The van der Waals surface area contributed by atoms with E-state index >= 15 is 0 Å². The van der Waals surface area contributed by atoms with Gasteiger partial charge in [0.05, 0.1) is 6.54 Å². The molecular formula is C19H31ClIN5O. The van der Waals surface area contributed by atoms with E-state index in [1.165, 1.54) is 0 Å². The second-order valence-corrected chi connectivity index (χ2v) is 7.01. The molecule has 1 aromatic rings. The smallest absolute Gasteiger partial charge is 0.219 e. The standard InChI is InChI=1S/C19H30ClN5O.HI/c1-4-21-19(23(3)15-17-6-5-7-18(20)14-17)22-8-9-24-10-12-25(13-11-24)16(2)26;/h5-7,14H,4,8-13,15H2,1-3H3,(H,21,22);1H. The third kappa shape index (κ3) is 8.23. The average molecular weight is 508 g/mol. The molecule has 1 amide bonds. The molecule has 152 valence electrons. The van der Waals surface area contributed by atoms with Crippen molar-refractivity contribution in [3.05, 3.63) is 34.9 Å². The summed E-state index contributed by atoms with van der Waals surface area (Å²) in [5.74, 6) is 1.06. The Kier molecular flexibility index (Phi) is 11.0. The van der Waals surface area contributed by atoms with Gasteiger partial charge in [0.1, 0.15) is 0 Å². The van der Waals surface area contributed by atoms with Crippen LogP contribution in [0.25, 0.3) is 0 Å². The van der Waals surface area contributed by atoms with Gasteiger partial charge >= 0.3 is 0 Å². The van der Waals surface area contributed by atoms with Gasteiger partial charge in [0.25, 0.3) is 0 Å². The first-order chi connectivity index (χ1) is 12.5. The number of guanidine groups is 1. The molecule has 1 aromatic carbocycles. The molecule has 0 aliphatic carbocycles. The zero-order chi connectivity index (χ0) is 18.9. The molecule has 0 bridgehead atoms. The van der Waals surface area contributed by atoms with E-state index in [9.17, 15) is 4.79 Å². The highest BCUT2D eigenvalue weighted by Gasteiger charge is 2.18. The lowest BCUT2D eigenvalue weighted by molar-refractivity contribution is -0.130. The van der Waals surface area contributed by atoms with E-state index < -0.39 is 0 Å². The van der Waals surface area contributed by atoms with Crippen molar-refractivity contribution in [3.8, 4) is 0 Å². The van der Waals surface area contributed by atoms with Crippen LogP contribution in [-0.4, -0.2) is 79.4 Å². The molecule has 0 unspecified atom stereocenters. The van der Waals surface area contributed by atoms with Crippen LogP contribution in [0.1, 0.15) is 19.4 Å². The van der Waals surface area contributed by atoms with Gasteiger partial charge in [-0.3, -0.25) is 14.7 Å². The van der Waals surface area contributed by atoms with Gasteiger partial charge in [-0.1, -0.05) is 23.7 Å². The Balaban J connectivity index is 0.00000364. The number of halogens is 2. The van der Waals surface area contributed by atoms with Crippen LogP contribution in [0.2, 0.25) is 5.02 Å². The van der Waals surface area contributed by atoms with Crippen LogP contribution in [0.15, 0.2) is 29.3 Å². The molecule has 2 rings (SSSR count). The molecule has 27 heavy (non-hydrogen) atoms. The van der Waals surface area contributed by atoms with Crippen LogP contribution in [0.5, 0.6) is 0 Å². The van der Waals surface area contributed by atoms with E-state index in [2.05, 4.69) is 28.1 Å². The number of aliphatic imine (C=N–C) groups is 1. The predicted octanol–water partition coefficient (Wildman–Crippen LogP) is 2.52. The minimum Gasteiger partial charge on any atom is -0.357 e. The van der Waals surface area contributed by atoms with Crippen molar-refractivity contribution in [2.75, 3.05) is 52.9 Å². The lowest BCUT2D eigenvalue weighted by Crippen LogP contribution is -2.48. The minimum absolute atomic E-state index is 0. The van der Waals surface area contributed by atoms with E-state index in [-0.39, 0.29) is 29.9 Å². The van der Waals surface area contributed by atoms with E-state index in [4.69, 9.17) is 16.6 Å². The normalized spacial score (nSPS) is 15.3. The summed E-state index contributed by atoms with van der Waals surface area (Å²) in [6.07, 6.45) is 0. The molecule has 1 aliphatic heterocycles. The topological polar surface area (TPSA) is 51.2 Å². The monoisotopic (exact) mass is 507 g/mol. The fourth-order valence-corrected chi connectivity index (χ4v) is 3.25. The number of carbonyl (C=O) groups is 1. The first kappa shape index (κ1) is 24.0. The Morgan fingerprint density at radius 1 is 1.30 bits per heavy atom. The van der Waals surface area contributed by atoms with E-state index in [1.54, 1.807) is 6.92 Å². The molecule has 0 radical (unpaired) electrons. The lowest BCUT2D eigenvalue weighted by Gasteiger charge is -2.33. The van der Waals surface area contributed by atoms with Gasteiger partial charge in [0.2, 0.25) is 5.91 Å². The lowest BCUT2D eigenvalue weighted by atomic mass is 10.2. The minimum atomic E-state index is 0. The number of nitrogens with one attached hydrogen (secondary N) is 1. The Morgan fingerprint density at radius 3 is 2.59 bits per heavy atom. The zero-order valence-corrected chi connectivity index (χ0v) is 19.5. The maximum Gasteiger partial charge on any atom is 0.219 e. The van der Waals surface area contributed by atoms with Gasteiger partial charge in [-0.25, -0.2) is 0 Å². The maximum absolute atomic E-state index is 11.4. The van der Waals surface area contributed by atoms with E-state index in [0.29, 0.717) is 0 Å². The van der Waals surface area contributed by atoms with Gasteiger partial charge in [-0.15, -0.1) is 24.0 Å². The molecule has 0 aromatic heterocycles. The summed E-state index contributed by atoms with van der Waals surface area (Å²) >= 11 is 6.07. The second-order valence-electron chi connectivity index (χ2n) is 6.57. The Labute approximate surface area is 185 Å². The summed E-state index contributed by atoms with van der Waals surface area (Å²) in [6.45, 7) is 10.4. The van der Waals surface area contributed by atoms with Crippen molar-refractivity contribution >= 4 is 47.4 Å². The van der Waals surface area contributed by atoms with Crippen molar-refractivity contribution in [2.24, 2.45) is 4.99 Å². The van der Waals surface area contributed by atoms with Crippen molar-refractivity contribution in [2.45, 2.75) is 20.4 Å². The van der Waals surface area contributed by atoms with Gasteiger partial charge in [-0.05, 0) is 24.6 Å². The fourth-order valence-electron chi connectivity index (χ4n) is 3.04. The SMILES string of the molecule is CCNC(=NCCN1CCN(C(C)=O)CC1)N(C)Cc1cccc(Cl)c1.I.